The van der Waals surface area contributed by atoms with Crippen LogP contribution in [0, 0.1) is 13.8 Å². The molecule has 0 radical (unpaired) electrons. The van der Waals surface area contributed by atoms with Crippen LogP contribution < -0.4 is 0 Å². The van der Waals surface area contributed by atoms with Crippen molar-refractivity contribution in [2.24, 2.45) is 0 Å². The van der Waals surface area contributed by atoms with Gasteiger partial charge in [0.25, 0.3) is 0 Å². The first kappa shape index (κ1) is 14.4. The Balaban J connectivity index is 2.42. The van der Waals surface area contributed by atoms with Crippen LogP contribution in [0.1, 0.15) is 35.5 Å². The number of aliphatic hydroxyl groups excluding tert-OH is 1. The molecule has 0 saturated carbocycles. The van der Waals surface area contributed by atoms with Crippen LogP contribution in [-0.4, -0.2) is 14.9 Å². The summed E-state index contributed by atoms with van der Waals surface area (Å²) >= 11 is 12.3. The predicted molar refractivity (Wildman–Crippen MR) is 77.9 cm³/mol. The Morgan fingerprint density at radius 2 is 1.84 bits per heavy atom. The monoisotopic (exact) mass is 298 g/mol. The van der Waals surface area contributed by atoms with Crippen molar-refractivity contribution in [3.63, 3.8) is 0 Å². The molecule has 0 amide bonds. The van der Waals surface area contributed by atoms with Crippen molar-refractivity contribution in [2.75, 3.05) is 0 Å². The summed E-state index contributed by atoms with van der Waals surface area (Å²) in [6.07, 6.45) is -0.532. The fourth-order valence-electron chi connectivity index (χ4n) is 2.30. The molecule has 1 aromatic heterocycles. The van der Waals surface area contributed by atoms with Crippen LogP contribution in [0.5, 0.6) is 0 Å². The minimum absolute atomic E-state index is 0.498. The van der Waals surface area contributed by atoms with Crippen LogP contribution in [0.25, 0.3) is 0 Å². The van der Waals surface area contributed by atoms with Crippen LogP contribution in [0.15, 0.2) is 18.2 Å². The molecule has 0 spiro atoms. The Labute approximate surface area is 122 Å². The number of aryl methyl sites for hydroxylation is 1. The fraction of sp³-hybridized carbons (Fsp3) is 0.357. The van der Waals surface area contributed by atoms with Crippen molar-refractivity contribution in [1.82, 2.24) is 9.78 Å². The Hall–Kier alpha value is -1.03. The van der Waals surface area contributed by atoms with Crippen LogP contribution in [-0.2, 0) is 6.54 Å². The van der Waals surface area contributed by atoms with Crippen LogP contribution in [0.2, 0.25) is 10.0 Å². The number of halogens is 2. The van der Waals surface area contributed by atoms with Crippen LogP contribution in [0.4, 0.5) is 0 Å². The molecular formula is C14H16Cl2N2O. The smallest absolute Gasteiger partial charge is 0.0797 e. The molecule has 0 bridgehead atoms. The highest BCUT2D eigenvalue weighted by Gasteiger charge is 2.17. The first-order valence-corrected chi connectivity index (χ1v) is 6.82. The topological polar surface area (TPSA) is 38.0 Å². The van der Waals surface area contributed by atoms with E-state index in [2.05, 4.69) is 5.10 Å². The molecule has 1 unspecified atom stereocenters. The molecule has 0 aliphatic carbocycles. The third-order valence-corrected chi connectivity index (χ3v) is 3.93. The van der Waals surface area contributed by atoms with Gasteiger partial charge in [0.15, 0.2) is 0 Å². The van der Waals surface area contributed by atoms with Crippen LogP contribution in [0.3, 0.4) is 0 Å². The maximum Gasteiger partial charge on any atom is 0.0797 e. The summed E-state index contributed by atoms with van der Waals surface area (Å²) in [5.74, 6) is 0. The quantitative estimate of drug-likeness (QED) is 0.933. The summed E-state index contributed by atoms with van der Waals surface area (Å²) in [5.41, 5.74) is 3.47. The van der Waals surface area contributed by atoms with Gasteiger partial charge in [-0.25, -0.2) is 0 Å². The van der Waals surface area contributed by atoms with Gasteiger partial charge < -0.3 is 5.11 Å². The number of hydrogen-bond donors (Lipinski definition) is 1. The molecule has 1 heterocycles. The van der Waals surface area contributed by atoms with E-state index >= 15 is 0 Å². The summed E-state index contributed by atoms with van der Waals surface area (Å²) in [6.45, 7) is 6.06. The number of rotatable bonds is 3. The van der Waals surface area contributed by atoms with E-state index in [1.165, 1.54) is 0 Å². The lowest BCUT2D eigenvalue weighted by molar-refractivity contribution is 0.197. The first-order valence-electron chi connectivity index (χ1n) is 6.06. The van der Waals surface area contributed by atoms with Crippen molar-refractivity contribution in [2.45, 2.75) is 33.4 Å². The molecule has 1 N–H and O–H groups in total. The third kappa shape index (κ3) is 2.78. The largest absolute Gasteiger partial charge is 0.389 e. The second-order valence-corrected chi connectivity index (χ2v) is 5.43. The van der Waals surface area contributed by atoms with Gasteiger partial charge in [-0.15, -0.1) is 0 Å². The maximum atomic E-state index is 9.77. The third-order valence-electron chi connectivity index (χ3n) is 3.22. The Morgan fingerprint density at radius 3 is 2.32 bits per heavy atom. The lowest BCUT2D eigenvalue weighted by Crippen LogP contribution is -2.06. The number of aromatic nitrogens is 2. The van der Waals surface area contributed by atoms with E-state index in [9.17, 15) is 5.11 Å². The van der Waals surface area contributed by atoms with E-state index in [0.29, 0.717) is 16.6 Å². The molecule has 19 heavy (non-hydrogen) atoms. The zero-order chi connectivity index (χ0) is 14.2. The highest BCUT2D eigenvalue weighted by Crippen LogP contribution is 2.27. The average molecular weight is 299 g/mol. The second kappa shape index (κ2) is 5.53. The fourth-order valence-corrected chi connectivity index (χ4v) is 2.82. The van der Waals surface area contributed by atoms with Gasteiger partial charge in [-0.2, -0.15) is 5.10 Å². The normalized spacial score (nSPS) is 12.7. The van der Waals surface area contributed by atoms with Gasteiger partial charge in [-0.1, -0.05) is 29.3 Å². The first-order chi connectivity index (χ1) is 8.91. The van der Waals surface area contributed by atoms with Gasteiger partial charge in [-0.05, 0) is 32.9 Å². The van der Waals surface area contributed by atoms with Crippen LogP contribution >= 0.6 is 23.2 Å². The summed E-state index contributed by atoms with van der Waals surface area (Å²) < 4.78 is 1.82. The predicted octanol–water partition coefficient (Wildman–Crippen LogP) is 3.91. The Bertz CT molecular complexity index is 585. The van der Waals surface area contributed by atoms with Crippen molar-refractivity contribution in [3.05, 3.63) is 50.8 Å². The van der Waals surface area contributed by atoms with Crippen molar-refractivity contribution in [1.29, 1.82) is 0 Å². The van der Waals surface area contributed by atoms with Crippen molar-refractivity contribution in [3.8, 4) is 0 Å². The average Bonchev–Trinajstić information content (AvgIpc) is 2.59. The number of benzene rings is 1. The van der Waals surface area contributed by atoms with Gasteiger partial charge in [0.2, 0.25) is 0 Å². The minimum atomic E-state index is -0.532. The van der Waals surface area contributed by atoms with Gasteiger partial charge in [0.05, 0.1) is 18.3 Å². The zero-order valence-corrected chi connectivity index (χ0v) is 12.6. The maximum absolute atomic E-state index is 9.77. The summed E-state index contributed by atoms with van der Waals surface area (Å²) in [4.78, 5) is 0. The van der Waals surface area contributed by atoms with E-state index in [0.717, 1.165) is 22.5 Å². The molecular weight excluding hydrogens is 283 g/mol. The molecule has 0 aliphatic rings. The van der Waals surface area contributed by atoms with E-state index in [1.54, 1.807) is 6.92 Å². The van der Waals surface area contributed by atoms with E-state index in [4.69, 9.17) is 23.2 Å². The Morgan fingerprint density at radius 1 is 1.26 bits per heavy atom. The Kier molecular flexibility index (Phi) is 4.19. The lowest BCUT2D eigenvalue weighted by atomic mass is 10.1. The summed E-state index contributed by atoms with van der Waals surface area (Å²) in [6, 6.07) is 5.44. The van der Waals surface area contributed by atoms with E-state index in [1.807, 2.05) is 36.7 Å². The standard InChI is InChI=1S/C14H16Cl2N2O/c1-8-14(10(3)19)9(2)18(17-8)7-11-12(15)5-4-6-13(11)16/h4-6,10,19H,7H2,1-3H3. The van der Waals surface area contributed by atoms with Gasteiger partial charge >= 0.3 is 0 Å². The minimum Gasteiger partial charge on any atom is -0.389 e. The molecule has 1 aromatic carbocycles. The highest BCUT2D eigenvalue weighted by atomic mass is 35.5. The molecule has 102 valence electrons. The lowest BCUT2D eigenvalue weighted by Gasteiger charge is -2.10. The molecule has 3 nitrogen and oxygen atoms in total. The van der Waals surface area contributed by atoms with E-state index in [-0.39, 0.29) is 0 Å². The molecule has 2 rings (SSSR count). The van der Waals surface area contributed by atoms with Crippen molar-refractivity contribution >= 4 is 23.2 Å². The molecule has 5 heteroatoms. The molecule has 0 fully saturated rings. The summed E-state index contributed by atoms with van der Waals surface area (Å²) in [7, 11) is 0. The number of nitrogens with zero attached hydrogens (tertiary/aromatic N) is 2. The van der Waals surface area contributed by atoms with Gasteiger partial charge in [0, 0.05) is 26.9 Å². The molecule has 0 aliphatic heterocycles. The highest BCUT2D eigenvalue weighted by molar-refractivity contribution is 6.35. The van der Waals surface area contributed by atoms with Gasteiger partial charge in [0.1, 0.15) is 0 Å². The summed E-state index contributed by atoms with van der Waals surface area (Å²) in [5, 5.41) is 15.5. The number of hydrogen-bond acceptors (Lipinski definition) is 2. The second-order valence-electron chi connectivity index (χ2n) is 4.62. The van der Waals surface area contributed by atoms with E-state index < -0.39 is 6.10 Å². The van der Waals surface area contributed by atoms with Gasteiger partial charge in [-0.3, -0.25) is 4.68 Å². The molecule has 1 atom stereocenters. The molecule has 0 saturated heterocycles. The van der Waals surface area contributed by atoms with Crippen molar-refractivity contribution < 1.29 is 5.11 Å². The molecule has 2 aromatic rings. The SMILES string of the molecule is Cc1nn(Cc2c(Cl)cccc2Cl)c(C)c1C(C)O. The number of aliphatic hydroxyl groups is 1. The zero-order valence-electron chi connectivity index (χ0n) is 11.1.